The molecule has 0 unspecified atom stereocenters. The molecule has 0 aliphatic rings. The van der Waals surface area contributed by atoms with Gasteiger partial charge in [-0.3, -0.25) is 0 Å². The van der Waals surface area contributed by atoms with Gasteiger partial charge in [0.25, 0.3) is 0 Å². The van der Waals surface area contributed by atoms with Crippen LogP contribution in [-0.2, 0) is 0 Å². The zero-order chi connectivity index (χ0) is 12.3. The molecule has 0 aliphatic heterocycles. The lowest BCUT2D eigenvalue weighted by molar-refractivity contribution is 0.234. The minimum absolute atomic E-state index is 0.0948. The predicted octanol–water partition coefficient (Wildman–Crippen LogP) is 2.49. The molecule has 0 spiro atoms. The molecule has 0 aromatic heterocycles. The number of hydrogen-bond acceptors (Lipinski definition) is 3. The molecule has 1 aromatic rings. The van der Waals surface area contributed by atoms with Gasteiger partial charge in [0, 0.05) is 5.69 Å². The molecule has 1 aromatic carbocycles. The van der Waals surface area contributed by atoms with Gasteiger partial charge in [-0.15, -0.1) is 0 Å². The summed E-state index contributed by atoms with van der Waals surface area (Å²) in [6, 6.07) is 3.93. The number of aliphatic hydroxyl groups excluding tert-OH is 1. The van der Waals surface area contributed by atoms with Gasteiger partial charge < -0.3 is 15.2 Å². The van der Waals surface area contributed by atoms with E-state index < -0.39 is 0 Å². The number of benzene rings is 1. The molecule has 0 amide bonds. The summed E-state index contributed by atoms with van der Waals surface area (Å²) in [4.78, 5) is 0. The zero-order valence-corrected chi connectivity index (χ0v) is 10.7. The molecule has 0 atom stereocenters. The Morgan fingerprint density at radius 2 is 1.88 bits per heavy atom. The van der Waals surface area contributed by atoms with E-state index in [2.05, 4.69) is 5.32 Å². The first-order valence-electron chi connectivity index (χ1n) is 5.44. The van der Waals surface area contributed by atoms with Crippen molar-refractivity contribution < 1.29 is 9.84 Å². The lowest BCUT2D eigenvalue weighted by Gasteiger charge is -2.27. The zero-order valence-electron chi connectivity index (χ0n) is 10.7. The molecule has 1 rings (SSSR count). The fourth-order valence-electron chi connectivity index (χ4n) is 1.56. The third-order valence-corrected chi connectivity index (χ3v) is 2.83. The maximum Gasteiger partial charge on any atom is 0.122 e. The van der Waals surface area contributed by atoms with Crippen LogP contribution < -0.4 is 10.1 Å². The van der Waals surface area contributed by atoms with Gasteiger partial charge >= 0.3 is 0 Å². The number of ether oxygens (including phenoxy) is 1. The van der Waals surface area contributed by atoms with E-state index in [1.807, 2.05) is 39.8 Å². The van der Waals surface area contributed by atoms with Gasteiger partial charge in [-0.05, 0) is 51.0 Å². The van der Waals surface area contributed by atoms with E-state index in [-0.39, 0.29) is 12.1 Å². The highest BCUT2D eigenvalue weighted by Crippen LogP contribution is 2.28. The summed E-state index contributed by atoms with van der Waals surface area (Å²) in [6.45, 7) is 8.11. The molecular weight excluding hydrogens is 202 g/mol. The fraction of sp³-hybridized carbons (Fsp3) is 0.538. The van der Waals surface area contributed by atoms with Crippen molar-refractivity contribution in [2.75, 3.05) is 19.0 Å². The van der Waals surface area contributed by atoms with E-state index in [9.17, 15) is 5.11 Å². The van der Waals surface area contributed by atoms with Crippen molar-refractivity contribution in [2.24, 2.45) is 0 Å². The van der Waals surface area contributed by atoms with E-state index in [4.69, 9.17) is 4.74 Å². The van der Waals surface area contributed by atoms with Crippen molar-refractivity contribution in [1.82, 2.24) is 0 Å². The van der Waals surface area contributed by atoms with Crippen LogP contribution in [0, 0.1) is 13.8 Å². The highest BCUT2D eigenvalue weighted by molar-refractivity contribution is 5.59. The van der Waals surface area contributed by atoms with Gasteiger partial charge in [-0.25, -0.2) is 0 Å². The second-order valence-corrected chi connectivity index (χ2v) is 4.73. The summed E-state index contributed by atoms with van der Waals surface area (Å²) in [6.07, 6.45) is 0. The predicted molar refractivity (Wildman–Crippen MR) is 67.3 cm³/mol. The van der Waals surface area contributed by atoms with Gasteiger partial charge in [0.1, 0.15) is 5.75 Å². The van der Waals surface area contributed by atoms with E-state index in [1.165, 1.54) is 0 Å². The molecule has 0 heterocycles. The summed E-state index contributed by atoms with van der Waals surface area (Å²) in [5.74, 6) is 0.893. The van der Waals surface area contributed by atoms with Crippen molar-refractivity contribution in [3.63, 3.8) is 0 Å². The largest absolute Gasteiger partial charge is 0.496 e. The number of methoxy groups -OCH3 is 1. The van der Waals surface area contributed by atoms with E-state index in [1.54, 1.807) is 7.11 Å². The standard InChI is InChI=1S/C13H21NO2/c1-9-10(2)12(16-5)7-6-11(9)14-13(3,4)8-15/h6-7,14-15H,8H2,1-5H3. The Bertz CT molecular complexity index is 372. The lowest BCUT2D eigenvalue weighted by atomic mass is 10.0. The Balaban J connectivity index is 3.04. The van der Waals surface area contributed by atoms with Gasteiger partial charge in [-0.1, -0.05) is 0 Å². The molecule has 16 heavy (non-hydrogen) atoms. The topological polar surface area (TPSA) is 41.5 Å². The smallest absolute Gasteiger partial charge is 0.122 e. The molecule has 0 saturated carbocycles. The number of anilines is 1. The van der Waals surface area contributed by atoms with Crippen LogP contribution in [0.25, 0.3) is 0 Å². The molecule has 0 radical (unpaired) electrons. The second kappa shape index (κ2) is 4.74. The van der Waals surface area contributed by atoms with Crippen LogP contribution in [0.5, 0.6) is 5.75 Å². The number of aliphatic hydroxyl groups is 1. The van der Waals surface area contributed by atoms with Crippen LogP contribution in [0.2, 0.25) is 0 Å². The molecule has 3 nitrogen and oxygen atoms in total. The van der Waals surface area contributed by atoms with Crippen LogP contribution in [0.15, 0.2) is 12.1 Å². The highest BCUT2D eigenvalue weighted by atomic mass is 16.5. The van der Waals surface area contributed by atoms with E-state index in [0.29, 0.717) is 0 Å². The second-order valence-electron chi connectivity index (χ2n) is 4.73. The molecule has 0 fully saturated rings. The summed E-state index contributed by atoms with van der Waals surface area (Å²) in [5.41, 5.74) is 3.01. The van der Waals surface area contributed by atoms with Crippen molar-refractivity contribution in [2.45, 2.75) is 33.2 Å². The Hall–Kier alpha value is -1.22. The van der Waals surface area contributed by atoms with Crippen LogP contribution in [0.1, 0.15) is 25.0 Å². The number of hydrogen-bond donors (Lipinski definition) is 2. The van der Waals surface area contributed by atoms with Crippen molar-refractivity contribution in [3.8, 4) is 5.75 Å². The average Bonchev–Trinajstić information content (AvgIpc) is 2.25. The number of nitrogens with one attached hydrogen (secondary N) is 1. The summed E-state index contributed by atoms with van der Waals surface area (Å²) < 4.78 is 5.26. The molecule has 90 valence electrons. The van der Waals surface area contributed by atoms with Crippen LogP contribution >= 0.6 is 0 Å². The Morgan fingerprint density at radius 1 is 1.25 bits per heavy atom. The van der Waals surface area contributed by atoms with Crippen molar-refractivity contribution in [3.05, 3.63) is 23.3 Å². The Morgan fingerprint density at radius 3 is 2.38 bits per heavy atom. The first-order valence-corrected chi connectivity index (χ1v) is 5.44. The Kier molecular flexibility index (Phi) is 3.81. The van der Waals surface area contributed by atoms with Gasteiger partial charge in [-0.2, -0.15) is 0 Å². The van der Waals surface area contributed by atoms with Gasteiger partial charge in [0.2, 0.25) is 0 Å². The van der Waals surface area contributed by atoms with Gasteiger partial charge in [0.15, 0.2) is 0 Å². The first kappa shape index (κ1) is 12.8. The SMILES string of the molecule is COc1ccc(NC(C)(C)CO)c(C)c1C. The molecule has 0 aliphatic carbocycles. The third kappa shape index (κ3) is 2.67. The quantitative estimate of drug-likeness (QED) is 0.824. The molecule has 2 N–H and O–H groups in total. The summed E-state index contributed by atoms with van der Waals surface area (Å²) >= 11 is 0. The lowest BCUT2D eigenvalue weighted by Crippen LogP contribution is -2.35. The summed E-state index contributed by atoms with van der Waals surface area (Å²) in [7, 11) is 1.67. The highest BCUT2D eigenvalue weighted by Gasteiger charge is 2.17. The van der Waals surface area contributed by atoms with Crippen molar-refractivity contribution in [1.29, 1.82) is 0 Å². The molecule has 3 heteroatoms. The minimum Gasteiger partial charge on any atom is -0.496 e. The minimum atomic E-state index is -0.314. The summed E-state index contributed by atoms with van der Waals surface area (Å²) in [5, 5.41) is 12.6. The van der Waals surface area contributed by atoms with Crippen molar-refractivity contribution >= 4 is 5.69 Å². The monoisotopic (exact) mass is 223 g/mol. The van der Waals surface area contributed by atoms with E-state index in [0.717, 1.165) is 22.6 Å². The van der Waals surface area contributed by atoms with Crippen LogP contribution in [0.4, 0.5) is 5.69 Å². The van der Waals surface area contributed by atoms with Crippen LogP contribution in [-0.4, -0.2) is 24.4 Å². The molecule has 0 saturated heterocycles. The number of rotatable bonds is 4. The Labute approximate surface area is 97.4 Å². The van der Waals surface area contributed by atoms with E-state index >= 15 is 0 Å². The van der Waals surface area contributed by atoms with Crippen LogP contribution in [0.3, 0.4) is 0 Å². The third-order valence-electron chi connectivity index (χ3n) is 2.83. The maximum atomic E-state index is 9.23. The first-order chi connectivity index (χ1) is 7.41. The molecular formula is C13H21NO2. The molecule has 0 bridgehead atoms. The van der Waals surface area contributed by atoms with Gasteiger partial charge in [0.05, 0.1) is 19.3 Å². The normalized spacial score (nSPS) is 11.4. The average molecular weight is 223 g/mol. The fourth-order valence-corrected chi connectivity index (χ4v) is 1.56. The maximum absolute atomic E-state index is 9.23.